The maximum atomic E-state index is 9.48. The molecule has 0 aliphatic heterocycles. The summed E-state index contributed by atoms with van der Waals surface area (Å²) < 4.78 is 6.98. The fourth-order valence-corrected chi connectivity index (χ4v) is 2.59. The number of phenols is 1. The second kappa shape index (κ2) is 5.60. The zero-order valence-corrected chi connectivity index (χ0v) is 13.0. The second-order valence-electron chi connectivity index (χ2n) is 5.22. The van der Waals surface area contributed by atoms with Crippen molar-refractivity contribution in [1.29, 1.82) is 0 Å². The van der Waals surface area contributed by atoms with Crippen molar-refractivity contribution < 1.29 is 14.8 Å². The maximum Gasteiger partial charge on any atom is 0.143 e. The van der Waals surface area contributed by atoms with E-state index in [0.29, 0.717) is 17.0 Å². The first-order chi connectivity index (χ1) is 11.0. The van der Waals surface area contributed by atoms with E-state index in [1.807, 2.05) is 20.8 Å². The molecule has 3 rings (SSSR count). The lowest BCUT2D eigenvalue weighted by molar-refractivity contribution is 0.322. The molecule has 7 nitrogen and oxygen atoms in total. The second-order valence-corrected chi connectivity index (χ2v) is 5.22. The van der Waals surface area contributed by atoms with Crippen molar-refractivity contribution in [2.24, 2.45) is 5.16 Å². The summed E-state index contributed by atoms with van der Waals surface area (Å²) in [5.41, 5.74) is 4.38. The van der Waals surface area contributed by atoms with E-state index < -0.39 is 0 Å². The quantitative estimate of drug-likeness (QED) is 0.440. The molecule has 0 aliphatic carbocycles. The van der Waals surface area contributed by atoms with Gasteiger partial charge in [-0.05, 0) is 45.0 Å². The molecule has 0 atom stereocenters. The number of hydrogen-bond acceptors (Lipinski definition) is 6. The van der Waals surface area contributed by atoms with E-state index in [2.05, 4.69) is 15.4 Å². The van der Waals surface area contributed by atoms with Crippen LogP contribution in [0.4, 0.5) is 0 Å². The highest BCUT2D eigenvalue weighted by Gasteiger charge is 2.23. The molecule has 2 heterocycles. The molecule has 7 heteroatoms. The van der Waals surface area contributed by atoms with Crippen LogP contribution in [0.3, 0.4) is 0 Å². The molecule has 2 aromatic heterocycles. The molecule has 118 valence electrons. The highest BCUT2D eigenvalue weighted by molar-refractivity contribution is 5.91. The van der Waals surface area contributed by atoms with E-state index in [9.17, 15) is 5.11 Å². The van der Waals surface area contributed by atoms with E-state index >= 15 is 0 Å². The van der Waals surface area contributed by atoms with Crippen LogP contribution in [0.25, 0.3) is 16.9 Å². The summed E-state index contributed by atoms with van der Waals surface area (Å²) in [6.07, 6.45) is 1.35. The molecule has 0 saturated heterocycles. The van der Waals surface area contributed by atoms with Crippen LogP contribution in [0.5, 0.6) is 5.75 Å². The maximum absolute atomic E-state index is 9.48. The summed E-state index contributed by atoms with van der Waals surface area (Å²) >= 11 is 0. The highest BCUT2D eigenvalue weighted by Crippen LogP contribution is 2.33. The fourth-order valence-electron chi connectivity index (χ4n) is 2.59. The topological polar surface area (TPSA) is 96.7 Å². The van der Waals surface area contributed by atoms with Gasteiger partial charge in [0.25, 0.3) is 0 Å². The zero-order chi connectivity index (χ0) is 16.6. The largest absolute Gasteiger partial charge is 0.508 e. The Morgan fingerprint density at radius 1 is 1.13 bits per heavy atom. The van der Waals surface area contributed by atoms with E-state index in [1.165, 1.54) is 6.21 Å². The summed E-state index contributed by atoms with van der Waals surface area (Å²) in [7, 11) is 0. The van der Waals surface area contributed by atoms with Gasteiger partial charge in [-0.1, -0.05) is 10.3 Å². The minimum absolute atomic E-state index is 0.175. The Hall–Kier alpha value is -3.09. The molecule has 23 heavy (non-hydrogen) atoms. The Bertz CT molecular complexity index is 856. The number of aromatic hydroxyl groups is 1. The minimum Gasteiger partial charge on any atom is -0.508 e. The zero-order valence-electron chi connectivity index (χ0n) is 13.0. The average molecular weight is 312 g/mol. The molecule has 0 amide bonds. The predicted molar refractivity (Wildman–Crippen MR) is 84.3 cm³/mol. The van der Waals surface area contributed by atoms with Crippen molar-refractivity contribution in [2.45, 2.75) is 20.8 Å². The Labute approximate surface area is 132 Å². The first kappa shape index (κ1) is 14.8. The Kier molecular flexibility index (Phi) is 3.61. The van der Waals surface area contributed by atoms with Crippen molar-refractivity contribution in [3.8, 4) is 22.7 Å². The molecule has 1 aromatic carbocycles. The van der Waals surface area contributed by atoms with Gasteiger partial charge in [0.05, 0.1) is 34.5 Å². The summed E-state index contributed by atoms with van der Waals surface area (Å²) in [6.45, 7) is 5.49. The van der Waals surface area contributed by atoms with Crippen molar-refractivity contribution in [3.63, 3.8) is 0 Å². The van der Waals surface area contributed by atoms with Crippen LogP contribution in [0.2, 0.25) is 0 Å². The number of aryl methyl sites for hydroxylation is 3. The number of benzene rings is 1. The molecule has 3 aromatic rings. The molecule has 0 aliphatic rings. The molecule has 2 N–H and O–H groups in total. The molecule has 0 fully saturated rings. The van der Waals surface area contributed by atoms with Gasteiger partial charge < -0.3 is 14.8 Å². The molecule has 0 unspecified atom stereocenters. The van der Waals surface area contributed by atoms with Crippen LogP contribution >= 0.6 is 0 Å². The van der Waals surface area contributed by atoms with E-state index in [0.717, 1.165) is 22.6 Å². The Morgan fingerprint density at radius 2 is 1.83 bits per heavy atom. The molecule has 0 spiro atoms. The fraction of sp³-hybridized carbons (Fsp3) is 0.188. The van der Waals surface area contributed by atoms with Crippen LogP contribution in [0.1, 0.15) is 22.7 Å². The number of hydrogen-bond donors (Lipinski definition) is 2. The lowest BCUT2D eigenvalue weighted by Gasteiger charge is -2.08. The number of oxime groups is 1. The van der Waals surface area contributed by atoms with Gasteiger partial charge in [0.15, 0.2) is 0 Å². The summed E-state index contributed by atoms with van der Waals surface area (Å²) in [5, 5.41) is 30.1. The molecule has 0 radical (unpaired) electrons. The third-order valence-corrected chi connectivity index (χ3v) is 3.66. The van der Waals surface area contributed by atoms with Crippen molar-refractivity contribution in [3.05, 3.63) is 47.0 Å². The first-order valence-corrected chi connectivity index (χ1v) is 7.02. The lowest BCUT2D eigenvalue weighted by atomic mass is 10.0. The third-order valence-electron chi connectivity index (χ3n) is 3.66. The summed E-state index contributed by atoms with van der Waals surface area (Å²) in [4.78, 5) is 0. The summed E-state index contributed by atoms with van der Waals surface area (Å²) in [6, 6.07) is 6.68. The van der Waals surface area contributed by atoms with E-state index in [4.69, 9.17) is 9.73 Å². The van der Waals surface area contributed by atoms with Gasteiger partial charge >= 0.3 is 0 Å². The van der Waals surface area contributed by atoms with Crippen molar-refractivity contribution in [1.82, 2.24) is 14.9 Å². The van der Waals surface area contributed by atoms with E-state index in [-0.39, 0.29) is 5.75 Å². The monoisotopic (exact) mass is 312 g/mol. The van der Waals surface area contributed by atoms with Crippen LogP contribution in [0.15, 0.2) is 33.9 Å². The molecule has 0 saturated carbocycles. The number of phenolic OH excluding ortho intramolecular Hbond substituents is 1. The van der Waals surface area contributed by atoms with E-state index in [1.54, 1.807) is 28.9 Å². The minimum atomic E-state index is 0.175. The van der Waals surface area contributed by atoms with Gasteiger partial charge in [0.2, 0.25) is 0 Å². The van der Waals surface area contributed by atoms with Gasteiger partial charge in [-0.25, -0.2) is 4.68 Å². The molecular weight excluding hydrogens is 296 g/mol. The Morgan fingerprint density at radius 3 is 2.39 bits per heavy atom. The van der Waals surface area contributed by atoms with Crippen LogP contribution in [-0.4, -0.2) is 31.5 Å². The van der Waals surface area contributed by atoms with Crippen LogP contribution < -0.4 is 0 Å². The Balaban J connectivity index is 2.33. The lowest BCUT2D eigenvalue weighted by Crippen LogP contribution is -2.01. The van der Waals surface area contributed by atoms with Crippen LogP contribution in [-0.2, 0) is 0 Å². The van der Waals surface area contributed by atoms with Gasteiger partial charge in [-0.2, -0.15) is 5.10 Å². The number of nitrogens with zero attached hydrogens (tertiary/aromatic N) is 4. The van der Waals surface area contributed by atoms with Gasteiger partial charge in [-0.3, -0.25) is 0 Å². The van der Waals surface area contributed by atoms with Gasteiger partial charge in [0.1, 0.15) is 11.5 Å². The number of aromatic nitrogens is 3. The van der Waals surface area contributed by atoms with Crippen molar-refractivity contribution in [2.75, 3.05) is 0 Å². The average Bonchev–Trinajstić information content (AvgIpc) is 3.01. The SMILES string of the molecule is Cc1nn(-c2ccc(O)cc2)c(-c2c(C)noc2C)c1C=NO. The van der Waals surface area contributed by atoms with Gasteiger partial charge in [0, 0.05) is 5.56 Å². The molecular formula is C16H16N4O3. The van der Waals surface area contributed by atoms with Crippen LogP contribution in [0, 0.1) is 20.8 Å². The summed E-state index contributed by atoms with van der Waals surface area (Å²) in [5.74, 6) is 0.823. The highest BCUT2D eigenvalue weighted by atomic mass is 16.5. The number of rotatable bonds is 3. The standard InChI is InChI=1S/C16H16N4O3/c1-9-14(8-17-22)16(15-10(2)19-23-11(15)3)20(18-9)12-4-6-13(21)7-5-12/h4-8,21-22H,1-3H3. The van der Waals surface area contributed by atoms with Gasteiger partial charge in [-0.15, -0.1) is 0 Å². The molecule has 0 bridgehead atoms. The normalized spacial score (nSPS) is 11.4. The first-order valence-electron chi connectivity index (χ1n) is 7.02. The predicted octanol–water partition coefficient (Wildman–Crippen LogP) is 2.97. The smallest absolute Gasteiger partial charge is 0.143 e. The van der Waals surface area contributed by atoms with Crippen molar-refractivity contribution >= 4 is 6.21 Å². The third kappa shape index (κ3) is 2.46.